The van der Waals surface area contributed by atoms with E-state index in [1.807, 2.05) is 12.1 Å². The predicted octanol–water partition coefficient (Wildman–Crippen LogP) is 2.98. The van der Waals surface area contributed by atoms with Gasteiger partial charge in [0.05, 0.1) is 4.90 Å². The number of nitrogens with zero attached hydrogens (tertiary/aromatic N) is 2. The van der Waals surface area contributed by atoms with Gasteiger partial charge in [-0.3, -0.25) is 10.3 Å². The molecule has 9 nitrogen and oxygen atoms in total. The third-order valence-electron chi connectivity index (χ3n) is 5.60. The number of urea groups is 1. The largest absolute Gasteiger partial charge is 0.354 e. The summed E-state index contributed by atoms with van der Waals surface area (Å²) in [6.07, 6.45) is 2.39. The molecule has 33 heavy (non-hydrogen) atoms. The minimum atomic E-state index is -3.53. The van der Waals surface area contributed by atoms with Crippen molar-refractivity contribution in [2.24, 2.45) is 0 Å². The van der Waals surface area contributed by atoms with E-state index in [-0.39, 0.29) is 4.90 Å². The van der Waals surface area contributed by atoms with E-state index < -0.39 is 16.1 Å². The van der Waals surface area contributed by atoms with Gasteiger partial charge in [0.15, 0.2) is 0 Å². The van der Waals surface area contributed by atoms with Crippen molar-refractivity contribution in [3.05, 3.63) is 54.1 Å². The predicted molar refractivity (Wildman–Crippen MR) is 132 cm³/mol. The van der Waals surface area contributed by atoms with Gasteiger partial charge in [0.2, 0.25) is 10.0 Å². The van der Waals surface area contributed by atoms with Crippen LogP contribution < -0.4 is 15.4 Å². The van der Waals surface area contributed by atoms with Crippen molar-refractivity contribution in [3.8, 4) is 0 Å². The number of piperazine rings is 1. The number of carbonyl (C=O) groups excluding carboxylic acids is 1. The molecule has 4 N–H and O–H groups in total. The Hall–Kier alpha value is -2.95. The van der Waals surface area contributed by atoms with Gasteiger partial charge in [-0.05, 0) is 56.4 Å². The number of nitrogens with one attached hydrogen (secondary N) is 4. The molecule has 0 aromatic heterocycles. The number of hydrogen-bond donors (Lipinski definition) is 4. The average Bonchev–Trinajstić information content (AvgIpc) is 2.83. The summed E-state index contributed by atoms with van der Waals surface area (Å²) in [5.74, 6) is 0.454. The van der Waals surface area contributed by atoms with Crippen LogP contribution in [0.3, 0.4) is 0 Å². The molecule has 1 aliphatic heterocycles. The Bertz CT molecular complexity index is 1060. The van der Waals surface area contributed by atoms with Crippen molar-refractivity contribution >= 4 is 33.3 Å². The molecule has 10 heteroatoms. The monoisotopic (exact) mass is 472 g/mol. The number of amides is 2. The van der Waals surface area contributed by atoms with Gasteiger partial charge in [0, 0.05) is 43.1 Å². The summed E-state index contributed by atoms with van der Waals surface area (Å²) in [5.41, 5.74) is 1.79. The number of carbonyl (C=O) groups is 1. The Morgan fingerprint density at radius 2 is 1.67 bits per heavy atom. The first-order valence-corrected chi connectivity index (χ1v) is 12.6. The van der Waals surface area contributed by atoms with Crippen LogP contribution in [0.15, 0.2) is 53.4 Å². The molecule has 1 saturated heterocycles. The second-order valence-corrected chi connectivity index (χ2v) is 9.81. The number of rotatable bonds is 8. The van der Waals surface area contributed by atoms with Crippen molar-refractivity contribution in [2.45, 2.75) is 24.7 Å². The van der Waals surface area contributed by atoms with Crippen LogP contribution in [0.1, 0.15) is 25.3 Å². The summed E-state index contributed by atoms with van der Waals surface area (Å²) < 4.78 is 25.8. The second-order valence-electron chi connectivity index (χ2n) is 7.92. The summed E-state index contributed by atoms with van der Waals surface area (Å²) in [4.78, 5) is 17.0. The first-order chi connectivity index (χ1) is 15.8. The molecular weight excluding hydrogens is 440 g/mol. The van der Waals surface area contributed by atoms with Crippen LogP contribution >= 0.6 is 0 Å². The third kappa shape index (κ3) is 6.77. The van der Waals surface area contributed by atoms with E-state index in [9.17, 15) is 13.2 Å². The highest BCUT2D eigenvalue weighted by atomic mass is 32.2. The van der Waals surface area contributed by atoms with Crippen molar-refractivity contribution in [2.75, 3.05) is 50.4 Å². The van der Waals surface area contributed by atoms with E-state index in [1.165, 1.54) is 44.2 Å². The van der Waals surface area contributed by atoms with Crippen LogP contribution in [-0.2, 0) is 10.0 Å². The Morgan fingerprint density at radius 3 is 2.30 bits per heavy atom. The molecule has 0 spiro atoms. The molecule has 178 valence electrons. The second kappa shape index (κ2) is 11.3. The summed E-state index contributed by atoms with van der Waals surface area (Å²) in [6, 6.07) is 12.7. The number of anilines is 2. The quantitative estimate of drug-likeness (QED) is 0.348. The normalized spacial score (nSPS) is 14.7. The van der Waals surface area contributed by atoms with Gasteiger partial charge in [-0.1, -0.05) is 25.5 Å². The maximum atomic E-state index is 12.4. The van der Waals surface area contributed by atoms with Crippen LogP contribution in [-0.4, -0.2) is 69.9 Å². The zero-order valence-corrected chi connectivity index (χ0v) is 19.9. The van der Waals surface area contributed by atoms with Gasteiger partial charge >= 0.3 is 6.03 Å². The first kappa shape index (κ1) is 24.7. The molecule has 0 aliphatic carbocycles. The molecule has 2 aromatic rings. The van der Waals surface area contributed by atoms with E-state index in [4.69, 9.17) is 5.41 Å². The van der Waals surface area contributed by atoms with Crippen LogP contribution in [0, 0.1) is 5.41 Å². The summed E-state index contributed by atoms with van der Waals surface area (Å²) in [5, 5.41) is 14.1. The molecule has 1 heterocycles. The smallest absolute Gasteiger partial charge is 0.323 e. The summed E-state index contributed by atoms with van der Waals surface area (Å²) in [7, 11) is -2.18. The summed E-state index contributed by atoms with van der Waals surface area (Å²) in [6.45, 7) is 6.86. The van der Waals surface area contributed by atoms with E-state index in [0.29, 0.717) is 17.2 Å². The lowest BCUT2D eigenvalue weighted by molar-refractivity contribution is 0.180. The van der Waals surface area contributed by atoms with Crippen LogP contribution in [0.2, 0.25) is 0 Å². The maximum Gasteiger partial charge on any atom is 0.323 e. The third-order valence-corrected chi connectivity index (χ3v) is 7.03. The molecule has 0 saturated carbocycles. The zero-order valence-electron chi connectivity index (χ0n) is 19.1. The standard InChI is InChI=1S/C23H32N6O3S/c1-3-4-12-28-13-15-29(16-14-28)22(24)18-6-5-7-20(17-18)27-23(30)26-19-8-10-21(11-9-19)33(31,32)25-2/h5-11,17,24-25H,3-4,12-16H2,1-2H3,(H2,26,27,30). The van der Waals surface area contributed by atoms with Gasteiger partial charge in [0.1, 0.15) is 5.84 Å². The fourth-order valence-corrected chi connectivity index (χ4v) is 4.36. The highest BCUT2D eigenvalue weighted by Crippen LogP contribution is 2.17. The number of unbranched alkanes of at least 4 members (excludes halogenated alkanes) is 1. The average molecular weight is 473 g/mol. The Balaban J connectivity index is 1.56. The molecule has 0 atom stereocenters. The SMILES string of the molecule is CCCCN1CCN(C(=N)c2cccc(NC(=O)Nc3ccc(S(=O)(=O)NC)cc3)c2)CC1. The van der Waals surface area contributed by atoms with Gasteiger partial charge in [-0.15, -0.1) is 0 Å². The van der Waals surface area contributed by atoms with Crippen LogP contribution in [0.5, 0.6) is 0 Å². The van der Waals surface area contributed by atoms with E-state index in [2.05, 4.69) is 32.1 Å². The Morgan fingerprint density at radius 1 is 1.00 bits per heavy atom. The summed E-state index contributed by atoms with van der Waals surface area (Å²) >= 11 is 0. The molecule has 1 fully saturated rings. The van der Waals surface area contributed by atoms with Crippen LogP contribution in [0.4, 0.5) is 16.2 Å². The Kier molecular flexibility index (Phi) is 8.43. The Labute approximate surface area is 195 Å². The van der Waals surface area contributed by atoms with E-state index in [0.717, 1.165) is 38.3 Å². The molecular formula is C23H32N6O3S. The maximum absolute atomic E-state index is 12.4. The minimum Gasteiger partial charge on any atom is -0.354 e. The van der Waals surface area contributed by atoms with Gasteiger partial charge in [0.25, 0.3) is 0 Å². The molecule has 2 amide bonds. The molecule has 2 aromatic carbocycles. The van der Waals surface area contributed by atoms with Crippen molar-refractivity contribution in [1.82, 2.24) is 14.5 Å². The minimum absolute atomic E-state index is 0.119. The topological polar surface area (TPSA) is 118 Å². The highest BCUT2D eigenvalue weighted by molar-refractivity contribution is 7.89. The number of amidine groups is 1. The first-order valence-electron chi connectivity index (χ1n) is 11.1. The van der Waals surface area contributed by atoms with Crippen molar-refractivity contribution in [3.63, 3.8) is 0 Å². The van der Waals surface area contributed by atoms with Crippen molar-refractivity contribution < 1.29 is 13.2 Å². The lowest BCUT2D eigenvalue weighted by atomic mass is 10.1. The van der Waals surface area contributed by atoms with Crippen molar-refractivity contribution in [1.29, 1.82) is 5.41 Å². The molecule has 3 rings (SSSR count). The van der Waals surface area contributed by atoms with Crippen LogP contribution in [0.25, 0.3) is 0 Å². The lowest BCUT2D eigenvalue weighted by Gasteiger charge is -2.36. The fraction of sp³-hybridized carbons (Fsp3) is 0.391. The zero-order chi connectivity index (χ0) is 23.8. The van der Waals surface area contributed by atoms with Gasteiger partial charge in [-0.2, -0.15) is 0 Å². The van der Waals surface area contributed by atoms with Gasteiger partial charge < -0.3 is 15.5 Å². The highest BCUT2D eigenvalue weighted by Gasteiger charge is 2.19. The van der Waals surface area contributed by atoms with Gasteiger partial charge in [-0.25, -0.2) is 17.9 Å². The molecule has 1 aliphatic rings. The number of benzene rings is 2. The fourth-order valence-electron chi connectivity index (χ4n) is 3.63. The number of hydrogen-bond acceptors (Lipinski definition) is 5. The van der Waals surface area contributed by atoms with E-state index >= 15 is 0 Å². The number of sulfonamides is 1. The lowest BCUT2D eigenvalue weighted by Crippen LogP contribution is -2.48. The molecule has 0 bridgehead atoms. The molecule has 0 radical (unpaired) electrons. The van der Waals surface area contributed by atoms with E-state index in [1.54, 1.807) is 12.1 Å². The molecule has 0 unspecified atom stereocenters.